The number of imide groups is 2. The highest BCUT2D eigenvalue weighted by atomic mass is 16.2. The third-order valence-corrected chi connectivity index (χ3v) is 4.49. The number of carbonyl (C=O) groups is 5. The average Bonchev–Trinajstić information content (AvgIpc) is 2.95. The van der Waals surface area contributed by atoms with E-state index in [4.69, 9.17) is 0 Å². The third kappa shape index (κ3) is 4.35. The van der Waals surface area contributed by atoms with Gasteiger partial charge in [-0.25, -0.2) is 9.69 Å². The zero-order chi connectivity index (χ0) is 21.7. The molecule has 9 heteroatoms. The summed E-state index contributed by atoms with van der Waals surface area (Å²) < 4.78 is 0. The number of likely N-dealkylation sites (N-methyl/N-ethyl adjacent to an activating group) is 1. The molecule has 2 aromatic rings. The Kier molecular flexibility index (Phi) is 6.21. The third-order valence-electron chi connectivity index (χ3n) is 4.49. The Bertz CT molecular complexity index is 1010. The van der Waals surface area contributed by atoms with E-state index in [1.54, 1.807) is 25.1 Å². The first-order chi connectivity index (χ1) is 14.4. The van der Waals surface area contributed by atoms with Crippen molar-refractivity contribution in [1.29, 1.82) is 0 Å². The van der Waals surface area contributed by atoms with Gasteiger partial charge in [0.25, 0.3) is 5.91 Å². The Labute approximate surface area is 172 Å². The molecule has 1 aliphatic heterocycles. The van der Waals surface area contributed by atoms with Crippen molar-refractivity contribution in [2.45, 2.75) is 13.5 Å². The van der Waals surface area contributed by atoms with Gasteiger partial charge in [-0.2, -0.15) is 0 Å². The number of hydrogen-bond acceptors (Lipinski definition) is 5. The van der Waals surface area contributed by atoms with Crippen molar-refractivity contribution in [3.63, 3.8) is 0 Å². The fourth-order valence-electron chi connectivity index (χ4n) is 2.97. The van der Waals surface area contributed by atoms with Gasteiger partial charge in [-0.3, -0.25) is 24.1 Å². The molecule has 0 aliphatic carbocycles. The Morgan fingerprint density at radius 3 is 2.17 bits per heavy atom. The molecule has 6 amide bonds. The maximum absolute atomic E-state index is 12.6. The van der Waals surface area contributed by atoms with E-state index in [1.807, 2.05) is 30.3 Å². The number of amides is 6. The minimum atomic E-state index is -1.05. The van der Waals surface area contributed by atoms with Gasteiger partial charge in [-0.05, 0) is 24.6 Å². The average molecular weight is 408 g/mol. The molecule has 0 atom stereocenters. The van der Waals surface area contributed by atoms with Gasteiger partial charge in [0.2, 0.25) is 5.91 Å². The SMILES string of the molecule is CCN1C(=O)C(=O)N(CC(=O)Nc2ccccc2C(=O)NCc2ccccc2)C1=O. The number of nitrogens with zero attached hydrogens (tertiary/aromatic N) is 2. The lowest BCUT2D eigenvalue weighted by atomic mass is 10.1. The van der Waals surface area contributed by atoms with E-state index in [-0.39, 0.29) is 17.8 Å². The number of carbonyl (C=O) groups excluding carboxylic acids is 5. The Hall–Kier alpha value is -4.01. The molecule has 30 heavy (non-hydrogen) atoms. The smallest absolute Gasteiger partial charge is 0.334 e. The summed E-state index contributed by atoms with van der Waals surface area (Å²) in [7, 11) is 0. The topological polar surface area (TPSA) is 116 Å². The van der Waals surface area contributed by atoms with Crippen LogP contribution in [0.1, 0.15) is 22.8 Å². The zero-order valence-corrected chi connectivity index (χ0v) is 16.3. The summed E-state index contributed by atoms with van der Waals surface area (Å²) in [5.74, 6) is -3.11. The van der Waals surface area contributed by atoms with E-state index in [1.165, 1.54) is 6.07 Å². The number of rotatable bonds is 7. The van der Waals surface area contributed by atoms with Crippen molar-refractivity contribution < 1.29 is 24.0 Å². The van der Waals surface area contributed by atoms with Crippen molar-refractivity contribution >= 4 is 35.3 Å². The lowest BCUT2D eigenvalue weighted by Crippen LogP contribution is -2.39. The Balaban J connectivity index is 1.66. The summed E-state index contributed by atoms with van der Waals surface area (Å²) in [5.41, 5.74) is 1.38. The van der Waals surface area contributed by atoms with Crippen LogP contribution >= 0.6 is 0 Å². The van der Waals surface area contributed by atoms with Crippen LogP contribution in [-0.2, 0) is 20.9 Å². The van der Waals surface area contributed by atoms with Crippen LogP contribution in [0.2, 0.25) is 0 Å². The summed E-state index contributed by atoms with van der Waals surface area (Å²) in [5, 5.41) is 5.30. The van der Waals surface area contributed by atoms with Crippen LogP contribution in [0.15, 0.2) is 54.6 Å². The van der Waals surface area contributed by atoms with E-state index in [9.17, 15) is 24.0 Å². The molecular formula is C21H20N4O5. The second-order valence-corrected chi connectivity index (χ2v) is 6.49. The fourth-order valence-corrected chi connectivity index (χ4v) is 2.97. The molecule has 0 radical (unpaired) electrons. The zero-order valence-electron chi connectivity index (χ0n) is 16.3. The van der Waals surface area contributed by atoms with Crippen LogP contribution in [0.3, 0.4) is 0 Å². The first kappa shape index (κ1) is 20.7. The molecule has 0 spiro atoms. The summed E-state index contributed by atoms with van der Waals surface area (Å²) >= 11 is 0. The highest BCUT2D eigenvalue weighted by molar-refractivity contribution is 6.45. The Morgan fingerprint density at radius 1 is 0.867 bits per heavy atom. The number of nitrogens with one attached hydrogen (secondary N) is 2. The van der Waals surface area contributed by atoms with Gasteiger partial charge >= 0.3 is 17.8 Å². The molecule has 2 aromatic carbocycles. The van der Waals surface area contributed by atoms with Crippen molar-refractivity contribution in [3.05, 3.63) is 65.7 Å². The van der Waals surface area contributed by atoms with Crippen LogP contribution in [0.5, 0.6) is 0 Å². The number of anilines is 1. The van der Waals surface area contributed by atoms with Gasteiger partial charge in [0, 0.05) is 13.1 Å². The molecule has 0 bridgehead atoms. The van der Waals surface area contributed by atoms with Crippen LogP contribution in [0, 0.1) is 0 Å². The Morgan fingerprint density at radius 2 is 1.50 bits per heavy atom. The first-order valence-electron chi connectivity index (χ1n) is 9.30. The van der Waals surface area contributed by atoms with Crippen molar-refractivity contribution in [1.82, 2.24) is 15.1 Å². The molecule has 1 fully saturated rings. The molecule has 0 saturated carbocycles. The quantitative estimate of drug-likeness (QED) is 0.530. The molecule has 0 aromatic heterocycles. The monoisotopic (exact) mass is 408 g/mol. The second-order valence-electron chi connectivity index (χ2n) is 6.49. The van der Waals surface area contributed by atoms with E-state index >= 15 is 0 Å². The first-order valence-corrected chi connectivity index (χ1v) is 9.30. The van der Waals surface area contributed by atoms with E-state index in [2.05, 4.69) is 10.6 Å². The molecule has 1 heterocycles. The molecule has 9 nitrogen and oxygen atoms in total. The molecule has 1 aliphatic rings. The minimum absolute atomic E-state index is 0.0337. The van der Waals surface area contributed by atoms with Crippen LogP contribution in [0.4, 0.5) is 10.5 Å². The van der Waals surface area contributed by atoms with E-state index in [0.29, 0.717) is 11.4 Å². The van der Waals surface area contributed by atoms with Crippen molar-refractivity contribution in [3.8, 4) is 0 Å². The predicted molar refractivity (Wildman–Crippen MR) is 107 cm³/mol. The van der Waals surface area contributed by atoms with Crippen LogP contribution in [0.25, 0.3) is 0 Å². The maximum Gasteiger partial charge on any atom is 0.334 e. The lowest BCUT2D eigenvalue weighted by molar-refractivity contribution is -0.143. The molecule has 2 N–H and O–H groups in total. The highest BCUT2D eigenvalue weighted by Crippen LogP contribution is 2.16. The molecule has 0 unspecified atom stereocenters. The van der Waals surface area contributed by atoms with Gasteiger partial charge < -0.3 is 10.6 Å². The predicted octanol–water partition coefficient (Wildman–Crippen LogP) is 1.37. The fraction of sp³-hybridized carbons (Fsp3) is 0.190. The molecule has 1 saturated heterocycles. The van der Waals surface area contributed by atoms with Crippen LogP contribution < -0.4 is 10.6 Å². The normalized spacial score (nSPS) is 13.6. The van der Waals surface area contributed by atoms with Gasteiger partial charge in [-0.1, -0.05) is 42.5 Å². The largest absolute Gasteiger partial charge is 0.348 e. The van der Waals surface area contributed by atoms with Gasteiger partial charge in [-0.15, -0.1) is 0 Å². The van der Waals surface area contributed by atoms with Gasteiger partial charge in [0.1, 0.15) is 6.54 Å². The van der Waals surface area contributed by atoms with Crippen molar-refractivity contribution in [2.24, 2.45) is 0 Å². The summed E-state index contributed by atoms with van der Waals surface area (Å²) in [6.45, 7) is 1.27. The summed E-state index contributed by atoms with van der Waals surface area (Å²) in [4.78, 5) is 62.1. The molecule has 3 rings (SSSR count). The second kappa shape index (κ2) is 8.99. The van der Waals surface area contributed by atoms with Gasteiger partial charge in [0.05, 0.1) is 11.3 Å². The molecule has 154 valence electrons. The summed E-state index contributed by atoms with van der Waals surface area (Å²) in [6.07, 6.45) is 0. The number of urea groups is 1. The van der Waals surface area contributed by atoms with Gasteiger partial charge in [0.15, 0.2) is 0 Å². The van der Waals surface area contributed by atoms with Crippen molar-refractivity contribution in [2.75, 3.05) is 18.4 Å². The summed E-state index contributed by atoms with van der Waals surface area (Å²) in [6, 6.07) is 14.9. The maximum atomic E-state index is 12.6. The van der Waals surface area contributed by atoms with Crippen LogP contribution in [-0.4, -0.2) is 52.5 Å². The highest BCUT2D eigenvalue weighted by Gasteiger charge is 2.44. The number of para-hydroxylation sites is 1. The van der Waals surface area contributed by atoms with E-state index < -0.39 is 36.2 Å². The minimum Gasteiger partial charge on any atom is -0.348 e. The lowest BCUT2D eigenvalue weighted by Gasteiger charge is -2.15. The molecular weight excluding hydrogens is 388 g/mol. The number of hydrogen-bond donors (Lipinski definition) is 2. The van der Waals surface area contributed by atoms with E-state index in [0.717, 1.165) is 10.5 Å². The standard InChI is InChI=1S/C21H20N4O5/c1-2-24-19(28)20(29)25(21(24)30)13-17(26)23-16-11-7-6-10-15(16)18(27)22-12-14-8-4-3-5-9-14/h3-11H,2,12-13H2,1H3,(H,22,27)(H,23,26). The number of benzene rings is 2.